The van der Waals surface area contributed by atoms with Crippen molar-refractivity contribution in [2.75, 3.05) is 11.9 Å². The highest BCUT2D eigenvalue weighted by molar-refractivity contribution is 6.29. The molecule has 19 heavy (non-hydrogen) atoms. The van der Waals surface area contributed by atoms with Gasteiger partial charge >= 0.3 is 0 Å². The Bertz CT molecular complexity index is 423. The topological polar surface area (TPSA) is 68.0 Å². The van der Waals surface area contributed by atoms with Crippen LogP contribution < -0.4 is 11.1 Å². The molecule has 0 aromatic carbocycles. The number of pyridine rings is 1. The number of hydrogen-bond acceptors (Lipinski definition) is 3. The lowest BCUT2D eigenvalue weighted by atomic mass is 9.96. The van der Waals surface area contributed by atoms with Gasteiger partial charge in [0.2, 0.25) is 5.91 Å². The largest absolute Gasteiger partial charge is 0.330 e. The van der Waals surface area contributed by atoms with Crippen molar-refractivity contribution < 1.29 is 4.79 Å². The number of carbonyl (C=O) groups excluding carboxylic acids is 1. The molecule has 1 heterocycles. The van der Waals surface area contributed by atoms with Gasteiger partial charge in [0, 0.05) is 6.42 Å². The number of halogens is 1. The molecule has 1 aromatic rings. The van der Waals surface area contributed by atoms with E-state index in [1.807, 2.05) is 6.92 Å². The molecule has 1 atom stereocenters. The minimum Gasteiger partial charge on any atom is -0.330 e. The molecule has 0 aliphatic heterocycles. The van der Waals surface area contributed by atoms with Gasteiger partial charge in [0.05, 0.1) is 11.4 Å². The van der Waals surface area contributed by atoms with Gasteiger partial charge in [-0.1, -0.05) is 24.9 Å². The molecule has 0 aliphatic rings. The predicted octanol–water partition coefficient (Wildman–Crippen LogP) is 3.14. The van der Waals surface area contributed by atoms with Crippen LogP contribution in [0.3, 0.4) is 0 Å². The van der Waals surface area contributed by atoms with E-state index in [9.17, 15) is 4.79 Å². The first-order valence-electron chi connectivity index (χ1n) is 6.69. The Balaban J connectivity index is 2.46. The number of rotatable bonds is 7. The molecule has 0 radical (unpaired) electrons. The average molecular weight is 284 g/mol. The molecule has 0 spiro atoms. The number of nitrogens with two attached hydrogens (primary N) is 1. The van der Waals surface area contributed by atoms with E-state index in [4.69, 9.17) is 17.3 Å². The summed E-state index contributed by atoms with van der Waals surface area (Å²) in [6, 6.07) is 3.45. The molecule has 5 heteroatoms. The van der Waals surface area contributed by atoms with Crippen LogP contribution in [0.4, 0.5) is 5.69 Å². The van der Waals surface area contributed by atoms with E-state index in [1.165, 1.54) is 0 Å². The first-order valence-corrected chi connectivity index (χ1v) is 7.07. The molecule has 1 amide bonds. The van der Waals surface area contributed by atoms with Gasteiger partial charge in [-0.2, -0.15) is 0 Å². The lowest BCUT2D eigenvalue weighted by Crippen LogP contribution is -2.15. The summed E-state index contributed by atoms with van der Waals surface area (Å²) >= 11 is 5.77. The third kappa shape index (κ3) is 5.57. The number of hydrogen-bond donors (Lipinski definition) is 2. The van der Waals surface area contributed by atoms with Crippen LogP contribution in [0.15, 0.2) is 12.1 Å². The number of aryl methyl sites for hydroxylation is 1. The lowest BCUT2D eigenvalue weighted by molar-refractivity contribution is -0.116. The fourth-order valence-corrected chi connectivity index (χ4v) is 2.19. The number of amides is 1. The van der Waals surface area contributed by atoms with Gasteiger partial charge in [-0.25, -0.2) is 4.98 Å². The highest BCUT2D eigenvalue weighted by atomic mass is 35.5. The summed E-state index contributed by atoms with van der Waals surface area (Å²) in [5.74, 6) is 0.544. The minimum absolute atomic E-state index is 0.0164. The number of anilines is 1. The van der Waals surface area contributed by atoms with Crippen LogP contribution in [0.5, 0.6) is 0 Å². The highest BCUT2D eigenvalue weighted by Crippen LogP contribution is 2.18. The molecule has 106 valence electrons. The maximum atomic E-state index is 11.9. The molecule has 0 saturated carbocycles. The summed E-state index contributed by atoms with van der Waals surface area (Å²) in [5, 5.41) is 3.30. The lowest BCUT2D eigenvalue weighted by Gasteiger charge is -2.13. The summed E-state index contributed by atoms with van der Waals surface area (Å²) in [6.45, 7) is 4.64. The van der Waals surface area contributed by atoms with E-state index in [-0.39, 0.29) is 5.91 Å². The van der Waals surface area contributed by atoms with Crippen molar-refractivity contribution in [1.82, 2.24) is 4.98 Å². The SMILES string of the molecule is CCC(CCN)CCC(=O)Nc1ccc(Cl)nc1C. The van der Waals surface area contributed by atoms with Crippen molar-refractivity contribution in [3.63, 3.8) is 0 Å². The zero-order valence-corrected chi connectivity index (χ0v) is 12.3. The second-order valence-corrected chi connectivity index (χ2v) is 5.09. The molecule has 3 N–H and O–H groups in total. The summed E-state index contributed by atoms with van der Waals surface area (Å²) in [4.78, 5) is 16.0. The molecule has 0 aliphatic carbocycles. The Morgan fingerprint density at radius 3 is 2.79 bits per heavy atom. The van der Waals surface area contributed by atoms with Crippen LogP contribution in [0.2, 0.25) is 5.15 Å². The summed E-state index contributed by atoms with van der Waals surface area (Å²) in [5.41, 5.74) is 7.00. The fourth-order valence-electron chi connectivity index (χ4n) is 2.00. The number of nitrogens with zero attached hydrogens (tertiary/aromatic N) is 1. The Labute approximate surface area is 119 Å². The Kier molecular flexibility index (Phi) is 6.81. The van der Waals surface area contributed by atoms with Gasteiger partial charge in [0.25, 0.3) is 0 Å². The first kappa shape index (κ1) is 15.9. The molecule has 1 rings (SSSR count). The normalized spacial score (nSPS) is 12.2. The van der Waals surface area contributed by atoms with E-state index in [1.54, 1.807) is 12.1 Å². The second-order valence-electron chi connectivity index (χ2n) is 4.71. The average Bonchev–Trinajstić information content (AvgIpc) is 2.38. The quantitative estimate of drug-likeness (QED) is 0.756. The molecule has 0 saturated heterocycles. The summed E-state index contributed by atoms with van der Waals surface area (Å²) in [7, 11) is 0. The smallest absolute Gasteiger partial charge is 0.224 e. The van der Waals surface area contributed by atoms with Crippen molar-refractivity contribution in [3.8, 4) is 0 Å². The summed E-state index contributed by atoms with van der Waals surface area (Å²) < 4.78 is 0. The van der Waals surface area contributed by atoms with Gasteiger partial charge in [-0.05, 0) is 44.4 Å². The predicted molar refractivity (Wildman–Crippen MR) is 79.3 cm³/mol. The first-order chi connectivity index (χ1) is 9.06. The van der Waals surface area contributed by atoms with Gasteiger partial charge in [0.15, 0.2) is 0 Å². The van der Waals surface area contributed by atoms with Crippen molar-refractivity contribution >= 4 is 23.2 Å². The second kappa shape index (κ2) is 8.12. The van der Waals surface area contributed by atoms with Crippen LogP contribution in [-0.4, -0.2) is 17.4 Å². The number of aromatic nitrogens is 1. The molecule has 0 fully saturated rings. The maximum Gasteiger partial charge on any atom is 0.224 e. The molecular formula is C14H22ClN3O. The van der Waals surface area contributed by atoms with Crippen molar-refractivity contribution in [2.45, 2.75) is 39.5 Å². The van der Waals surface area contributed by atoms with E-state index >= 15 is 0 Å². The van der Waals surface area contributed by atoms with Crippen LogP contribution >= 0.6 is 11.6 Å². The third-order valence-electron chi connectivity index (χ3n) is 3.26. The van der Waals surface area contributed by atoms with Gasteiger partial charge in [-0.15, -0.1) is 0 Å². The van der Waals surface area contributed by atoms with E-state index in [0.29, 0.717) is 24.0 Å². The van der Waals surface area contributed by atoms with E-state index in [2.05, 4.69) is 17.2 Å². The Morgan fingerprint density at radius 1 is 1.47 bits per heavy atom. The molecule has 4 nitrogen and oxygen atoms in total. The van der Waals surface area contributed by atoms with Crippen molar-refractivity contribution in [3.05, 3.63) is 23.0 Å². The minimum atomic E-state index is 0.0164. The van der Waals surface area contributed by atoms with Crippen molar-refractivity contribution in [1.29, 1.82) is 0 Å². The number of nitrogens with one attached hydrogen (secondary N) is 1. The highest BCUT2D eigenvalue weighted by Gasteiger charge is 2.10. The van der Waals surface area contributed by atoms with Crippen molar-refractivity contribution in [2.24, 2.45) is 11.7 Å². The molecule has 1 aromatic heterocycles. The molecular weight excluding hydrogens is 262 g/mol. The Hall–Kier alpha value is -1.13. The number of carbonyl (C=O) groups is 1. The fraction of sp³-hybridized carbons (Fsp3) is 0.571. The Morgan fingerprint density at radius 2 is 2.21 bits per heavy atom. The zero-order chi connectivity index (χ0) is 14.3. The third-order valence-corrected chi connectivity index (χ3v) is 3.47. The van der Waals surface area contributed by atoms with Crippen LogP contribution in [-0.2, 0) is 4.79 Å². The summed E-state index contributed by atoms with van der Waals surface area (Å²) in [6.07, 6.45) is 3.43. The molecule has 1 unspecified atom stereocenters. The maximum absolute atomic E-state index is 11.9. The van der Waals surface area contributed by atoms with E-state index in [0.717, 1.165) is 30.6 Å². The monoisotopic (exact) mass is 283 g/mol. The van der Waals surface area contributed by atoms with Crippen LogP contribution in [0.25, 0.3) is 0 Å². The zero-order valence-electron chi connectivity index (χ0n) is 11.6. The van der Waals surface area contributed by atoms with Crippen LogP contribution in [0.1, 0.15) is 38.3 Å². The van der Waals surface area contributed by atoms with Gasteiger partial charge < -0.3 is 11.1 Å². The van der Waals surface area contributed by atoms with E-state index < -0.39 is 0 Å². The standard InChI is InChI=1S/C14H22ClN3O/c1-3-11(8-9-16)4-7-14(19)18-12-5-6-13(15)17-10(12)2/h5-6,11H,3-4,7-9,16H2,1-2H3,(H,18,19). The van der Waals surface area contributed by atoms with Gasteiger partial charge in [-0.3, -0.25) is 4.79 Å². The molecule has 0 bridgehead atoms. The van der Waals surface area contributed by atoms with Gasteiger partial charge in [0.1, 0.15) is 5.15 Å². The van der Waals surface area contributed by atoms with Crippen LogP contribution in [0, 0.1) is 12.8 Å².